The third kappa shape index (κ3) is 2.88. The molecule has 140 valence electrons. The lowest BCUT2D eigenvalue weighted by Crippen LogP contribution is -2.62. The highest BCUT2D eigenvalue weighted by Crippen LogP contribution is 2.39. The van der Waals surface area contributed by atoms with Gasteiger partial charge in [0.05, 0.1) is 24.8 Å². The Bertz CT molecular complexity index is 942. The molecule has 3 atom stereocenters. The largest absolute Gasteiger partial charge is 0.338 e. The second kappa shape index (κ2) is 6.56. The molecule has 1 aliphatic rings. The van der Waals surface area contributed by atoms with E-state index in [4.69, 9.17) is 11.5 Å². The fraction of sp³-hybridized carbons (Fsp3) is 0.294. The third-order valence-corrected chi connectivity index (χ3v) is 4.64. The maximum Gasteiger partial charge on any atom is 0.159 e. The lowest BCUT2D eigenvalue weighted by molar-refractivity contribution is 0.432. The molecule has 0 spiro atoms. The van der Waals surface area contributed by atoms with Crippen molar-refractivity contribution in [2.24, 2.45) is 18.5 Å². The smallest absolute Gasteiger partial charge is 0.159 e. The summed E-state index contributed by atoms with van der Waals surface area (Å²) in [6.07, 6.45) is 6.30. The van der Waals surface area contributed by atoms with Crippen molar-refractivity contribution in [3.05, 3.63) is 60.5 Å². The van der Waals surface area contributed by atoms with Crippen LogP contribution in [0.4, 0.5) is 16.0 Å². The van der Waals surface area contributed by atoms with Crippen LogP contribution < -0.4 is 21.3 Å². The van der Waals surface area contributed by atoms with E-state index in [2.05, 4.69) is 19.9 Å². The van der Waals surface area contributed by atoms with Crippen molar-refractivity contribution in [1.82, 2.24) is 24.5 Å². The Morgan fingerprint density at radius 3 is 2.56 bits per heavy atom. The number of anilines is 2. The fourth-order valence-corrected chi connectivity index (χ4v) is 3.32. The number of hydrogen-bond donors (Lipinski definition) is 2. The van der Waals surface area contributed by atoms with Gasteiger partial charge < -0.3 is 20.1 Å². The highest BCUT2D eigenvalue weighted by Gasteiger charge is 2.40. The summed E-state index contributed by atoms with van der Waals surface area (Å²) < 4.78 is 15.1. The summed E-state index contributed by atoms with van der Waals surface area (Å²) in [5.74, 6) is 1.22. The van der Waals surface area contributed by atoms with Gasteiger partial charge in [0.15, 0.2) is 23.7 Å². The zero-order chi connectivity index (χ0) is 19.1. The number of aryl methyl sites for hydroxylation is 1. The Labute approximate surface area is 155 Å². The van der Waals surface area contributed by atoms with Gasteiger partial charge >= 0.3 is 0 Å². The van der Waals surface area contributed by atoms with E-state index >= 15 is 0 Å². The molecule has 0 saturated heterocycles. The van der Waals surface area contributed by atoms with Gasteiger partial charge in [0.1, 0.15) is 12.0 Å². The van der Waals surface area contributed by atoms with Gasteiger partial charge in [-0.3, -0.25) is 5.73 Å². The number of aromatic nitrogens is 5. The number of nitrogens with zero attached hydrogens (tertiary/aromatic N) is 7. The molecular formula is C17H20FN9. The maximum atomic E-state index is 13.2. The monoisotopic (exact) mass is 369 g/mol. The molecule has 9 nitrogen and oxygen atoms in total. The second-order valence-corrected chi connectivity index (χ2v) is 6.42. The Kier molecular flexibility index (Phi) is 4.21. The van der Waals surface area contributed by atoms with E-state index in [0.29, 0.717) is 17.5 Å². The molecule has 10 heteroatoms. The molecule has 0 bridgehead atoms. The molecular weight excluding hydrogens is 349 g/mol. The van der Waals surface area contributed by atoms with E-state index in [1.54, 1.807) is 12.5 Å². The highest BCUT2D eigenvalue weighted by atomic mass is 19.1. The number of halogens is 1. The average molecular weight is 369 g/mol. The van der Waals surface area contributed by atoms with Crippen LogP contribution in [0, 0.1) is 5.82 Å². The summed E-state index contributed by atoms with van der Waals surface area (Å²) in [6, 6.07) is 3.36. The Balaban J connectivity index is 1.81. The Morgan fingerprint density at radius 1 is 1.15 bits per heavy atom. The first kappa shape index (κ1) is 17.3. The minimum Gasteiger partial charge on any atom is -0.338 e. The molecule has 4 N–H and O–H groups in total. The highest BCUT2D eigenvalue weighted by molar-refractivity contribution is 5.59. The maximum absolute atomic E-state index is 13.2. The quantitative estimate of drug-likeness (QED) is 0.703. The molecule has 1 aliphatic heterocycles. The van der Waals surface area contributed by atoms with Crippen LogP contribution in [0.25, 0.3) is 0 Å². The van der Waals surface area contributed by atoms with Gasteiger partial charge in [-0.15, -0.1) is 0 Å². The van der Waals surface area contributed by atoms with Crippen molar-refractivity contribution in [1.29, 1.82) is 0 Å². The molecule has 4 rings (SSSR count). The van der Waals surface area contributed by atoms with Gasteiger partial charge in [0.2, 0.25) is 0 Å². The van der Waals surface area contributed by atoms with Gasteiger partial charge in [0, 0.05) is 25.0 Å². The number of rotatable bonds is 3. The van der Waals surface area contributed by atoms with Crippen LogP contribution in [-0.2, 0) is 7.05 Å². The van der Waals surface area contributed by atoms with E-state index in [1.807, 2.05) is 46.7 Å². The summed E-state index contributed by atoms with van der Waals surface area (Å²) in [4.78, 5) is 20.7. The molecule has 4 heterocycles. The van der Waals surface area contributed by atoms with Crippen LogP contribution >= 0.6 is 0 Å². The predicted octanol–water partition coefficient (Wildman–Crippen LogP) is 1.03. The summed E-state index contributed by atoms with van der Waals surface area (Å²) >= 11 is 0. The van der Waals surface area contributed by atoms with Gasteiger partial charge in [-0.25, -0.2) is 24.3 Å². The third-order valence-electron chi connectivity index (χ3n) is 4.64. The van der Waals surface area contributed by atoms with Crippen molar-refractivity contribution >= 4 is 11.6 Å². The minimum absolute atomic E-state index is 0.368. The van der Waals surface area contributed by atoms with E-state index in [1.165, 1.54) is 0 Å². The minimum atomic E-state index is -0.666. The van der Waals surface area contributed by atoms with Crippen LogP contribution in [0.2, 0.25) is 0 Å². The van der Waals surface area contributed by atoms with E-state index in [0.717, 1.165) is 18.0 Å². The zero-order valence-electron chi connectivity index (χ0n) is 14.9. The standard InChI is InChI=1S/C17H20FN9/c1-10(15-22-6-11(18)7-23-15)26-16-12(4-3-5-21-16)14(19)27(17(26)20)13-8-25(2)9-24-13/h3-10,14,17H,19-20H2,1-2H3. The first-order valence-electron chi connectivity index (χ1n) is 8.45. The van der Waals surface area contributed by atoms with E-state index < -0.39 is 18.3 Å². The average Bonchev–Trinajstić information content (AvgIpc) is 3.08. The molecule has 0 fully saturated rings. The first-order chi connectivity index (χ1) is 13.0. The van der Waals surface area contributed by atoms with Crippen molar-refractivity contribution in [2.45, 2.75) is 25.4 Å². The van der Waals surface area contributed by atoms with Crippen molar-refractivity contribution in [3.8, 4) is 0 Å². The van der Waals surface area contributed by atoms with Crippen molar-refractivity contribution < 1.29 is 4.39 Å². The second-order valence-electron chi connectivity index (χ2n) is 6.42. The number of fused-ring (bicyclic) bond motifs is 1. The number of imidazole rings is 1. The molecule has 3 aromatic rings. The molecule has 0 aliphatic carbocycles. The summed E-state index contributed by atoms with van der Waals surface area (Å²) in [5, 5.41) is 0. The van der Waals surface area contributed by atoms with E-state index in [9.17, 15) is 4.39 Å². The lowest BCUT2D eigenvalue weighted by Gasteiger charge is -2.48. The van der Waals surface area contributed by atoms with Crippen LogP contribution in [-0.4, -0.2) is 30.8 Å². The van der Waals surface area contributed by atoms with Crippen LogP contribution in [0.5, 0.6) is 0 Å². The van der Waals surface area contributed by atoms with Gasteiger partial charge in [-0.2, -0.15) is 0 Å². The topological polar surface area (TPSA) is 115 Å². The molecule has 0 aromatic carbocycles. The van der Waals surface area contributed by atoms with Crippen LogP contribution in [0.1, 0.15) is 30.5 Å². The summed E-state index contributed by atoms with van der Waals surface area (Å²) in [5.41, 5.74) is 13.9. The van der Waals surface area contributed by atoms with Crippen LogP contribution in [0.3, 0.4) is 0 Å². The van der Waals surface area contributed by atoms with Crippen LogP contribution in [0.15, 0.2) is 43.2 Å². The van der Waals surface area contributed by atoms with Gasteiger partial charge in [-0.05, 0) is 13.0 Å². The van der Waals surface area contributed by atoms with E-state index in [-0.39, 0.29) is 6.04 Å². The van der Waals surface area contributed by atoms with Crippen molar-refractivity contribution in [2.75, 3.05) is 9.80 Å². The molecule has 27 heavy (non-hydrogen) atoms. The number of pyridine rings is 1. The Morgan fingerprint density at radius 2 is 1.89 bits per heavy atom. The molecule has 0 radical (unpaired) electrons. The SMILES string of the molecule is CC(c1ncc(F)cn1)N1c2ncccc2C(N)N(c2cn(C)cn2)C1N. The normalized spacial score (nSPS) is 20.5. The lowest BCUT2D eigenvalue weighted by atomic mass is 10.1. The van der Waals surface area contributed by atoms with Gasteiger partial charge in [-0.1, -0.05) is 6.07 Å². The molecule has 3 aromatic heterocycles. The number of nitrogens with two attached hydrogens (primary N) is 2. The molecule has 0 amide bonds. The first-order valence-corrected chi connectivity index (χ1v) is 8.45. The predicted molar refractivity (Wildman–Crippen MR) is 97.7 cm³/mol. The summed E-state index contributed by atoms with van der Waals surface area (Å²) in [7, 11) is 1.87. The fourth-order valence-electron chi connectivity index (χ4n) is 3.32. The Hall–Kier alpha value is -3.11. The molecule has 0 saturated carbocycles. The van der Waals surface area contributed by atoms with Gasteiger partial charge in [0.25, 0.3) is 0 Å². The molecule has 3 unspecified atom stereocenters. The van der Waals surface area contributed by atoms with Crippen molar-refractivity contribution in [3.63, 3.8) is 0 Å². The summed E-state index contributed by atoms with van der Waals surface area (Å²) in [6.45, 7) is 1.89. The number of hydrogen-bond acceptors (Lipinski definition) is 8. The zero-order valence-corrected chi connectivity index (χ0v) is 14.9.